The van der Waals surface area contributed by atoms with E-state index in [1.807, 2.05) is 56.3 Å². The molecule has 0 atom stereocenters. The summed E-state index contributed by atoms with van der Waals surface area (Å²) in [6.07, 6.45) is 1.38. The molecule has 0 spiro atoms. The first kappa shape index (κ1) is 17.9. The minimum Gasteiger partial charge on any atom is -0.366 e. The molecule has 0 saturated carbocycles. The highest BCUT2D eigenvalue weighted by Crippen LogP contribution is 2.18. The number of aryl methyl sites for hydroxylation is 2. The predicted octanol–water partition coefficient (Wildman–Crippen LogP) is 4.61. The van der Waals surface area contributed by atoms with Crippen molar-refractivity contribution >= 4 is 29.0 Å². The van der Waals surface area contributed by atoms with Crippen molar-refractivity contribution in [1.82, 2.24) is 9.97 Å². The Labute approximate surface area is 157 Å². The third-order valence-electron chi connectivity index (χ3n) is 3.93. The normalized spacial score (nSPS) is 10.4. The van der Waals surface area contributed by atoms with Gasteiger partial charge in [0.2, 0.25) is 0 Å². The van der Waals surface area contributed by atoms with E-state index in [0.717, 1.165) is 22.4 Å². The molecule has 0 aliphatic carbocycles. The van der Waals surface area contributed by atoms with Crippen LogP contribution in [0.5, 0.6) is 0 Å². The molecule has 1 amide bonds. The lowest BCUT2D eigenvalue weighted by molar-refractivity contribution is 0.102. The van der Waals surface area contributed by atoms with Gasteiger partial charge in [0, 0.05) is 23.3 Å². The Bertz CT molecular complexity index is 925. The standard InChI is InChI=1S/C20H19ClN4O/c1-13-3-4-14(2)17(9-13)25-20(26)18-10-19(24-12-23-18)22-11-15-5-7-16(21)8-6-15/h3-10,12H,11H2,1-2H3,(H,25,26)(H,22,23,24). The van der Waals surface area contributed by atoms with Crippen LogP contribution in [-0.4, -0.2) is 15.9 Å². The molecule has 2 N–H and O–H groups in total. The summed E-state index contributed by atoms with van der Waals surface area (Å²) in [5.41, 5.74) is 4.23. The lowest BCUT2D eigenvalue weighted by Gasteiger charge is -2.10. The number of nitrogens with zero attached hydrogens (tertiary/aromatic N) is 2. The van der Waals surface area contributed by atoms with Crippen molar-refractivity contribution < 1.29 is 4.79 Å². The number of hydrogen-bond donors (Lipinski definition) is 2. The molecule has 0 unspecified atom stereocenters. The number of amides is 1. The molecule has 26 heavy (non-hydrogen) atoms. The number of hydrogen-bond acceptors (Lipinski definition) is 4. The number of rotatable bonds is 5. The Morgan fingerprint density at radius 1 is 1.04 bits per heavy atom. The van der Waals surface area contributed by atoms with E-state index in [2.05, 4.69) is 20.6 Å². The zero-order chi connectivity index (χ0) is 18.5. The third-order valence-corrected chi connectivity index (χ3v) is 4.18. The van der Waals surface area contributed by atoms with E-state index >= 15 is 0 Å². The SMILES string of the molecule is Cc1ccc(C)c(NC(=O)c2cc(NCc3ccc(Cl)cc3)ncn2)c1. The maximum Gasteiger partial charge on any atom is 0.274 e. The van der Waals surface area contributed by atoms with Crippen molar-refractivity contribution in [3.8, 4) is 0 Å². The topological polar surface area (TPSA) is 66.9 Å². The molecule has 6 heteroatoms. The third kappa shape index (κ3) is 4.58. The van der Waals surface area contributed by atoms with Crippen LogP contribution in [0.3, 0.4) is 0 Å². The molecule has 0 saturated heterocycles. The molecule has 3 rings (SSSR count). The van der Waals surface area contributed by atoms with Crippen molar-refractivity contribution in [3.05, 3.63) is 82.3 Å². The summed E-state index contributed by atoms with van der Waals surface area (Å²) in [5, 5.41) is 6.78. The highest BCUT2D eigenvalue weighted by Gasteiger charge is 2.11. The van der Waals surface area contributed by atoms with E-state index in [1.165, 1.54) is 6.33 Å². The second kappa shape index (κ2) is 7.97. The quantitative estimate of drug-likeness (QED) is 0.691. The summed E-state index contributed by atoms with van der Waals surface area (Å²) in [6, 6.07) is 15.1. The van der Waals surface area contributed by atoms with Gasteiger partial charge in [-0.1, -0.05) is 35.9 Å². The Balaban J connectivity index is 1.69. The van der Waals surface area contributed by atoms with Crippen molar-refractivity contribution in [2.75, 3.05) is 10.6 Å². The van der Waals surface area contributed by atoms with E-state index in [0.29, 0.717) is 23.1 Å². The smallest absolute Gasteiger partial charge is 0.274 e. The monoisotopic (exact) mass is 366 g/mol. The molecular formula is C20H19ClN4O. The van der Waals surface area contributed by atoms with Crippen LogP contribution in [0.2, 0.25) is 5.02 Å². The lowest BCUT2D eigenvalue weighted by Crippen LogP contribution is -2.15. The Morgan fingerprint density at radius 3 is 2.58 bits per heavy atom. The molecule has 0 fully saturated rings. The van der Waals surface area contributed by atoms with Crippen LogP contribution < -0.4 is 10.6 Å². The first-order valence-electron chi connectivity index (χ1n) is 8.20. The van der Waals surface area contributed by atoms with Crippen LogP contribution in [0.25, 0.3) is 0 Å². The van der Waals surface area contributed by atoms with E-state index in [9.17, 15) is 4.79 Å². The number of halogens is 1. The molecule has 0 bridgehead atoms. The molecule has 1 heterocycles. The van der Waals surface area contributed by atoms with Crippen LogP contribution in [-0.2, 0) is 6.54 Å². The van der Waals surface area contributed by atoms with Crippen molar-refractivity contribution in [1.29, 1.82) is 0 Å². The average molecular weight is 367 g/mol. The fourth-order valence-electron chi connectivity index (χ4n) is 2.43. The molecular weight excluding hydrogens is 348 g/mol. The molecule has 5 nitrogen and oxygen atoms in total. The minimum atomic E-state index is -0.268. The van der Waals surface area contributed by atoms with Crippen molar-refractivity contribution in [2.45, 2.75) is 20.4 Å². The summed E-state index contributed by atoms with van der Waals surface area (Å²) in [5.74, 6) is 0.316. The fraction of sp³-hybridized carbons (Fsp3) is 0.150. The summed E-state index contributed by atoms with van der Waals surface area (Å²) >= 11 is 5.89. The summed E-state index contributed by atoms with van der Waals surface area (Å²) in [4.78, 5) is 20.7. The van der Waals surface area contributed by atoms with Crippen LogP contribution in [0, 0.1) is 13.8 Å². The number of benzene rings is 2. The lowest BCUT2D eigenvalue weighted by atomic mass is 10.1. The number of anilines is 2. The number of nitrogens with one attached hydrogen (secondary N) is 2. The largest absolute Gasteiger partial charge is 0.366 e. The van der Waals surface area contributed by atoms with Gasteiger partial charge in [-0.05, 0) is 48.7 Å². The van der Waals surface area contributed by atoms with Crippen LogP contribution in [0.15, 0.2) is 54.9 Å². The molecule has 0 radical (unpaired) electrons. The van der Waals surface area contributed by atoms with Gasteiger partial charge >= 0.3 is 0 Å². The molecule has 2 aromatic carbocycles. The van der Waals surface area contributed by atoms with E-state index in [1.54, 1.807) is 6.07 Å². The van der Waals surface area contributed by atoms with Gasteiger partial charge in [0.25, 0.3) is 5.91 Å². The highest BCUT2D eigenvalue weighted by molar-refractivity contribution is 6.30. The molecule has 132 valence electrons. The molecule has 3 aromatic rings. The first-order chi connectivity index (χ1) is 12.5. The Morgan fingerprint density at radius 2 is 1.81 bits per heavy atom. The number of carbonyl (C=O) groups is 1. The van der Waals surface area contributed by atoms with Gasteiger partial charge in [0.1, 0.15) is 17.8 Å². The van der Waals surface area contributed by atoms with Gasteiger partial charge in [-0.25, -0.2) is 9.97 Å². The van der Waals surface area contributed by atoms with Gasteiger partial charge in [0.15, 0.2) is 0 Å². The van der Waals surface area contributed by atoms with Crippen molar-refractivity contribution in [2.24, 2.45) is 0 Å². The second-order valence-electron chi connectivity index (χ2n) is 6.04. The maximum absolute atomic E-state index is 12.5. The average Bonchev–Trinajstić information content (AvgIpc) is 2.64. The van der Waals surface area contributed by atoms with E-state index in [-0.39, 0.29) is 5.91 Å². The van der Waals surface area contributed by atoms with Crippen molar-refractivity contribution in [3.63, 3.8) is 0 Å². The fourth-order valence-corrected chi connectivity index (χ4v) is 2.56. The van der Waals surface area contributed by atoms with E-state index in [4.69, 9.17) is 11.6 Å². The zero-order valence-corrected chi connectivity index (χ0v) is 15.3. The second-order valence-corrected chi connectivity index (χ2v) is 6.48. The van der Waals surface area contributed by atoms with E-state index < -0.39 is 0 Å². The summed E-state index contributed by atoms with van der Waals surface area (Å²) in [7, 11) is 0. The van der Waals surface area contributed by atoms with Gasteiger partial charge < -0.3 is 10.6 Å². The van der Waals surface area contributed by atoms with Gasteiger partial charge in [-0.2, -0.15) is 0 Å². The minimum absolute atomic E-state index is 0.268. The highest BCUT2D eigenvalue weighted by atomic mass is 35.5. The predicted molar refractivity (Wildman–Crippen MR) is 105 cm³/mol. The number of aromatic nitrogens is 2. The van der Waals surface area contributed by atoms with Gasteiger partial charge in [0.05, 0.1) is 0 Å². The van der Waals surface area contributed by atoms with Crippen LogP contribution in [0.4, 0.5) is 11.5 Å². The van der Waals surface area contributed by atoms with Gasteiger partial charge in [-0.15, -0.1) is 0 Å². The summed E-state index contributed by atoms with van der Waals surface area (Å²) < 4.78 is 0. The Kier molecular flexibility index (Phi) is 5.49. The van der Waals surface area contributed by atoms with Gasteiger partial charge in [-0.3, -0.25) is 4.79 Å². The first-order valence-corrected chi connectivity index (χ1v) is 8.58. The van der Waals surface area contributed by atoms with Crippen LogP contribution >= 0.6 is 11.6 Å². The number of carbonyl (C=O) groups excluding carboxylic acids is 1. The zero-order valence-electron chi connectivity index (χ0n) is 14.6. The molecule has 1 aromatic heterocycles. The van der Waals surface area contributed by atoms with Crippen LogP contribution in [0.1, 0.15) is 27.2 Å². The summed E-state index contributed by atoms with van der Waals surface area (Å²) in [6.45, 7) is 4.51. The maximum atomic E-state index is 12.5. The molecule has 0 aliphatic rings. The molecule has 0 aliphatic heterocycles. The Hall–Kier alpha value is -2.92.